The van der Waals surface area contributed by atoms with Crippen molar-refractivity contribution in [2.75, 3.05) is 5.32 Å². The van der Waals surface area contributed by atoms with Crippen molar-refractivity contribution in [3.8, 4) is 0 Å². The number of aryl methyl sites for hydroxylation is 1. The molecule has 0 bridgehead atoms. The third kappa shape index (κ3) is 3.20. The number of anilines is 1. The Balaban J connectivity index is 1.61. The Morgan fingerprint density at radius 1 is 1.37 bits per heavy atom. The molecule has 3 rings (SSSR count). The van der Waals surface area contributed by atoms with Gasteiger partial charge in [0, 0.05) is 10.9 Å². The summed E-state index contributed by atoms with van der Waals surface area (Å²) in [6.07, 6.45) is 6.71. The summed E-state index contributed by atoms with van der Waals surface area (Å²) in [5, 5.41) is 3.55. The van der Waals surface area contributed by atoms with Crippen molar-refractivity contribution in [3.05, 3.63) is 23.8 Å². The number of nitrogens with one attached hydrogen (secondary N) is 2. The summed E-state index contributed by atoms with van der Waals surface area (Å²) in [7, 11) is 0. The second kappa shape index (κ2) is 5.80. The van der Waals surface area contributed by atoms with E-state index < -0.39 is 0 Å². The van der Waals surface area contributed by atoms with Crippen molar-refractivity contribution < 1.29 is 0 Å². The lowest BCUT2D eigenvalue weighted by atomic mass is 9.96. The van der Waals surface area contributed by atoms with Gasteiger partial charge in [-0.25, -0.2) is 0 Å². The first-order valence-electron chi connectivity index (χ1n) is 6.89. The summed E-state index contributed by atoms with van der Waals surface area (Å²) in [5.74, 6) is 0. The van der Waals surface area contributed by atoms with E-state index in [4.69, 9.17) is 12.6 Å². The SMILES string of the molecule is Cc1cccc2c1NC(S)(SNC1CCCCC1)S2. The molecular formula is C14H20N2S3. The molecule has 1 aromatic carbocycles. The second-order valence-corrected chi connectivity index (χ2v) is 9.15. The Morgan fingerprint density at radius 2 is 2.16 bits per heavy atom. The molecular weight excluding hydrogens is 292 g/mol. The molecule has 5 heteroatoms. The van der Waals surface area contributed by atoms with E-state index in [1.807, 2.05) is 0 Å². The van der Waals surface area contributed by atoms with E-state index in [1.165, 1.54) is 48.3 Å². The monoisotopic (exact) mass is 312 g/mol. The number of hydrogen-bond donors (Lipinski definition) is 3. The van der Waals surface area contributed by atoms with Gasteiger partial charge in [0.15, 0.2) is 3.54 Å². The van der Waals surface area contributed by atoms with Crippen LogP contribution in [0, 0.1) is 6.92 Å². The van der Waals surface area contributed by atoms with E-state index >= 15 is 0 Å². The highest BCUT2D eigenvalue weighted by Crippen LogP contribution is 2.53. The van der Waals surface area contributed by atoms with Crippen molar-refractivity contribution in [2.24, 2.45) is 0 Å². The first-order chi connectivity index (χ1) is 9.16. The molecule has 0 amide bonds. The van der Waals surface area contributed by atoms with Crippen molar-refractivity contribution in [2.45, 2.75) is 53.5 Å². The zero-order valence-electron chi connectivity index (χ0n) is 11.1. The molecule has 1 heterocycles. The first kappa shape index (κ1) is 14.0. The van der Waals surface area contributed by atoms with E-state index in [2.05, 4.69) is 35.2 Å². The van der Waals surface area contributed by atoms with Crippen LogP contribution in [0.15, 0.2) is 23.1 Å². The quantitative estimate of drug-likeness (QED) is 0.430. The normalized spacial score (nSPS) is 27.1. The smallest absolute Gasteiger partial charge is 0.194 e. The van der Waals surface area contributed by atoms with Crippen molar-refractivity contribution in [1.29, 1.82) is 0 Å². The lowest BCUT2D eigenvalue weighted by molar-refractivity contribution is 0.423. The molecule has 19 heavy (non-hydrogen) atoms. The lowest BCUT2D eigenvalue weighted by Crippen LogP contribution is -2.32. The summed E-state index contributed by atoms with van der Waals surface area (Å²) in [6.45, 7) is 2.14. The summed E-state index contributed by atoms with van der Waals surface area (Å²) in [6, 6.07) is 7.07. The van der Waals surface area contributed by atoms with E-state index in [1.54, 1.807) is 23.7 Å². The summed E-state index contributed by atoms with van der Waals surface area (Å²) < 4.78 is 3.33. The number of thioether (sulfide) groups is 1. The molecule has 1 aliphatic carbocycles. The standard InChI is InChI=1S/C14H20N2S3/c1-10-6-5-9-12-13(10)15-14(17,18-12)19-16-11-7-3-2-4-8-11/h5-6,9,11,15-17H,2-4,7-8H2,1H3. The van der Waals surface area contributed by atoms with Crippen LogP contribution in [-0.2, 0) is 0 Å². The van der Waals surface area contributed by atoms with Gasteiger partial charge in [0.2, 0.25) is 0 Å². The number of hydrogen-bond acceptors (Lipinski definition) is 5. The van der Waals surface area contributed by atoms with Crippen LogP contribution in [0.2, 0.25) is 0 Å². The van der Waals surface area contributed by atoms with Crippen molar-refractivity contribution in [3.63, 3.8) is 0 Å². The molecule has 2 aliphatic rings. The second-order valence-electron chi connectivity index (χ2n) is 5.31. The maximum Gasteiger partial charge on any atom is 0.194 e. The maximum atomic E-state index is 4.83. The number of para-hydroxylation sites is 1. The average Bonchev–Trinajstić information content (AvgIpc) is 2.77. The highest BCUT2D eigenvalue weighted by atomic mass is 32.3. The number of fused-ring (bicyclic) bond motifs is 1. The fourth-order valence-electron chi connectivity index (χ4n) is 2.65. The molecule has 2 nitrogen and oxygen atoms in total. The molecule has 0 saturated heterocycles. The molecule has 0 spiro atoms. The maximum absolute atomic E-state index is 4.83. The number of benzene rings is 1. The van der Waals surface area contributed by atoms with Crippen molar-refractivity contribution >= 4 is 42.0 Å². The summed E-state index contributed by atoms with van der Waals surface area (Å²) in [4.78, 5) is 1.30. The topological polar surface area (TPSA) is 24.1 Å². The highest BCUT2D eigenvalue weighted by Gasteiger charge is 2.36. The molecule has 104 valence electrons. The minimum atomic E-state index is -0.286. The largest absolute Gasteiger partial charge is 0.352 e. The van der Waals surface area contributed by atoms with Gasteiger partial charge in [-0.1, -0.05) is 43.2 Å². The van der Waals surface area contributed by atoms with Crippen LogP contribution in [0.1, 0.15) is 37.7 Å². The highest BCUT2D eigenvalue weighted by molar-refractivity contribution is 8.29. The van der Waals surface area contributed by atoms with Crippen LogP contribution in [0.3, 0.4) is 0 Å². The molecule has 1 saturated carbocycles. The molecule has 1 atom stereocenters. The van der Waals surface area contributed by atoms with Crippen LogP contribution < -0.4 is 10.0 Å². The molecule has 1 unspecified atom stereocenters. The average molecular weight is 313 g/mol. The van der Waals surface area contributed by atoms with Crippen LogP contribution in [0.4, 0.5) is 5.69 Å². The molecule has 1 fully saturated rings. The minimum Gasteiger partial charge on any atom is -0.352 e. The Bertz CT molecular complexity index is 460. The summed E-state index contributed by atoms with van der Waals surface area (Å²) >= 11 is 8.34. The van der Waals surface area contributed by atoms with Gasteiger partial charge in [0.05, 0.1) is 5.69 Å². The minimum absolute atomic E-state index is 0.286. The summed E-state index contributed by atoms with van der Waals surface area (Å²) in [5.41, 5.74) is 2.53. The van der Waals surface area contributed by atoms with Gasteiger partial charge in [0.1, 0.15) is 0 Å². The molecule has 0 radical (unpaired) electrons. The molecule has 2 N–H and O–H groups in total. The Morgan fingerprint density at radius 3 is 2.89 bits per heavy atom. The fraction of sp³-hybridized carbons (Fsp3) is 0.571. The zero-order valence-corrected chi connectivity index (χ0v) is 13.6. The van der Waals surface area contributed by atoms with E-state index in [0.717, 1.165) is 0 Å². The van der Waals surface area contributed by atoms with Gasteiger partial charge in [-0.15, -0.1) is 12.6 Å². The fourth-order valence-corrected chi connectivity index (χ4v) is 5.42. The first-order valence-corrected chi connectivity index (χ1v) is 8.97. The lowest BCUT2D eigenvalue weighted by Gasteiger charge is -2.28. The molecule has 1 aliphatic heterocycles. The van der Waals surface area contributed by atoms with Crippen LogP contribution in [0.25, 0.3) is 0 Å². The van der Waals surface area contributed by atoms with Crippen molar-refractivity contribution in [1.82, 2.24) is 4.72 Å². The number of thiol groups is 1. The van der Waals surface area contributed by atoms with E-state index in [9.17, 15) is 0 Å². The Hall–Kier alpha value is 0.0300. The molecule has 0 aromatic heterocycles. The Kier molecular flexibility index (Phi) is 4.27. The van der Waals surface area contributed by atoms with E-state index in [0.29, 0.717) is 6.04 Å². The van der Waals surface area contributed by atoms with Crippen LogP contribution >= 0.6 is 36.3 Å². The third-order valence-electron chi connectivity index (χ3n) is 3.73. The zero-order chi connectivity index (χ0) is 13.3. The van der Waals surface area contributed by atoms with Gasteiger partial charge in [-0.05, 0) is 43.3 Å². The third-order valence-corrected chi connectivity index (χ3v) is 6.66. The predicted molar refractivity (Wildman–Crippen MR) is 90.0 cm³/mol. The van der Waals surface area contributed by atoms with Gasteiger partial charge in [-0.3, -0.25) is 4.72 Å². The van der Waals surface area contributed by atoms with Gasteiger partial charge < -0.3 is 5.32 Å². The number of rotatable bonds is 3. The van der Waals surface area contributed by atoms with E-state index in [-0.39, 0.29) is 3.54 Å². The van der Waals surface area contributed by atoms with Gasteiger partial charge >= 0.3 is 0 Å². The van der Waals surface area contributed by atoms with Crippen LogP contribution in [0.5, 0.6) is 0 Å². The predicted octanol–water partition coefficient (Wildman–Crippen LogP) is 4.62. The van der Waals surface area contributed by atoms with Crippen LogP contribution in [-0.4, -0.2) is 9.58 Å². The van der Waals surface area contributed by atoms with Gasteiger partial charge in [-0.2, -0.15) is 0 Å². The Labute approximate surface area is 129 Å². The molecule has 1 aromatic rings. The van der Waals surface area contributed by atoms with Gasteiger partial charge in [0.25, 0.3) is 0 Å².